The van der Waals surface area contributed by atoms with Gasteiger partial charge in [-0.15, -0.1) is 0 Å². The van der Waals surface area contributed by atoms with Gasteiger partial charge in [0, 0.05) is 18.0 Å². The van der Waals surface area contributed by atoms with E-state index in [0.717, 1.165) is 12.0 Å². The van der Waals surface area contributed by atoms with Crippen LogP contribution in [0.4, 0.5) is 0 Å². The average molecular weight is 197 g/mol. The lowest BCUT2D eigenvalue weighted by Gasteiger charge is -2.17. The monoisotopic (exact) mass is 197 g/mol. The van der Waals surface area contributed by atoms with Gasteiger partial charge in [0.15, 0.2) is 6.29 Å². The number of furan rings is 1. The van der Waals surface area contributed by atoms with E-state index in [1.54, 1.807) is 12.5 Å². The fourth-order valence-corrected chi connectivity index (χ4v) is 1.63. The maximum Gasteiger partial charge on any atom is 0.159 e. The summed E-state index contributed by atoms with van der Waals surface area (Å²) in [6, 6.07) is 2.19. The largest absolute Gasteiger partial charge is 0.472 e. The van der Waals surface area contributed by atoms with Crippen molar-refractivity contribution in [1.82, 2.24) is 5.32 Å². The van der Waals surface area contributed by atoms with Crippen molar-refractivity contribution in [3.8, 4) is 0 Å². The van der Waals surface area contributed by atoms with E-state index in [0.29, 0.717) is 13.2 Å². The zero-order chi connectivity index (χ0) is 9.80. The first-order chi connectivity index (χ1) is 6.90. The molecule has 0 bridgehead atoms. The Morgan fingerprint density at radius 1 is 1.50 bits per heavy atom. The first kappa shape index (κ1) is 9.71. The quantitative estimate of drug-likeness (QED) is 0.790. The highest BCUT2D eigenvalue weighted by atomic mass is 16.7. The predicted molar refractivity (Wildman–Crippen MR) is 50.8 cm³/mol. The molecule has 1 aliphatic rings. The molecule has 0 aliphatic carbocycles. The van der Waals surface area contributed by atoms with Crippen molar-refractivity contribution >= 4 is 0 Å². The SMILES string of the molecule is CNC(CC1OCCO1)c1ccoc1. The van der Waals surface area contributed by atoms with Crippen molar-refractivity contribution in [3.63, 3.8) is 0 Å². The zero-order valence-corrected chi connectivity index (χ0v) is 8.23. The summed E-state index contributed by atoms with van der Waals surface area (Å²) in [5, 5.41) is 3.21. The maximum atomic E-state index is 5.39. The molecule has 0 spiro atoms. The van der Waals surface area contributed by atoms with Crippen LogP contribution in [0.1, 0.15) is 18.0 Å². The van der Waals surface area contributed by atoms with Gasteiger partial charge in [-0.25, -0.2) is 0 Å². The molecule has 0 radical (unpaired) electrons. The van der Waals surface area contributed by atoms with E-state index >= 15 is 0 Å². The Morgan fingerprint density at radius 3 is 2.86 bits per heavy atom. The normalized spacial score (nSPS) is 20.1. The minimum absolute atomic E-state index is 0.0812. The second-order valence-corrected chi connectivity index (χ2v) is 3.30. The Bertz CT molecular complexity index is 254. The van der Waals surface area contributed by atoms with E-state index in [2.05, 4.69) is 5.32 Å². The topological polar surface area (TPSA) is 43.6 Å². The van der Waals surface area contributed by atoms with Crippen molar-refractivity contribution in [3.05, 3.63) is 24.2 Å². The molecule has 1 aromatic rings. The summed E-state index contributed by atoms with van der Waals surface area (Å²) >= 11 is 0. The van der Waals surface area contributed by atoms with E-state index in [4.69, 9.17) is 13.9 Å². The van der Waals surface area contributed by atoms with Gasteiger partial charge in [0.1, 0.15) is 0 Å². The molecule has 4 nitrogen and oxygen atoms in total. The van der Waals surface area contributed by atoms with Crippen LogP contribution in [-0.2, 0) is 9.47 Å². The van der Waals surface area contributed by atoms with Crippen LogP contribution in [0.25, 0.3) is 0 Å². The van der Waals surface area contributed by atoms with Crippen molar-refractivity contribution in [1.29, 1.82) is 0 Å². The third-order valence-corrected chi connectivity index (χ3v) is 2.41. The van der Waals surface area contributed by atoms with Crippen LogP contribution in [0.5, 0.6) is 0 Å². The van der Waals surface area contributed by atoms with E-state index in [9.17, 15) is 0 Å². The lowest BCUT2D eigenvalue weighted by molar-refractivity contribution is -0.0526. The van der Waals surface area contributed by atoms with Gasteiger partial charge in [-0.2, -0.15) is 0 Å². The standard InChI is InChI=1S/C10H15NO3/c1-11-9(8-2-3-12-7-8)6-10-13-4-5-14-10/h2-3,7,9-11H,4-6H2,1H3. The maximum absolute atomic E-state index is 5.39. The van der Waals surface area contributed by atoms with Crippen molar-refractivity contribution in [2.24, 2.45) is 0 Å². The van der Waals surface area contributed by atoms with Gasteiger partial charge in [-0.05, 0) is 13.1 Å². The molecule has 14 heavy (non-hydrogen) atoms. The predicted octanol–water partition coefficient (Wildman–Crippen LogP) is 1.30. The fourth-order valence-electron chi connectivity index (χ4n) is 1.63. The summed E-state index contributed by atoms with van der Waals surface area (Å²) in [4.78, 5) is 0. The first-order valence-electron chi connectivity index (χ1n) is 4.82. The van der Waals surface area contributed by atoms with E-state index < -0.39 is 0 Å². The van der Waals surface area contributed by atoms with Gasteiger partial charge in [0.05, 0.1) is 25.7 Å². The Hall–Kier alpha value is -0.840. The van der Waals surface area contributed by atoms with Crippen LogP contribution in [-0.4, -0.2) is 26.6 Å². The highest BCUT2D eigenvalue weighted by Gasteiger charge is 2.21. The molecular weight excluding hydrogens is 182 g/mol. The van der Waals surface area contributed by atoms with Crippen LogP contribution in [0.15, 0.2) is 23.0 Å². The fraction of sp³-hybridized carbons (Fsp3) is 0.600. The first-order valence-corrected chi connectivity index (χ1v) is 4.82. The molecule has 78 valence electrons. The Labute approximate surface area is 83.2 Å². The molecule has 1 aliphatic heterocycles. The van der Waals surface area contributed by atoms with Crippen LogP contribution >= 0.6 is 0 Å². The third kappa shape index (κ3) is 2.15. The lowest BCUT2D eigenvalue weighted by atomic mass is 10.1. The molecule has 2 rings (SSSR count). The molecule has 0 amide bonds. The minimum atomic E-state index is -0.0812. The second-order valence-electron chi connectivity index (χ2n) is 3.30. The Kier molecular flexibility index (Phi) is 3.18. The summed E-state index contributed by atoms with van der Waals surface area (Å²) < 4.78 is 15.8. The smallest absolute Gasteiger partial charge is 0.159 e. The van der Waals surface area contributed by atoms with Crippen molar-refractivity contribution in [2.75, 3.05) is 20.3 Å². The number of rotatable bonds is 4. The number of hydrogen-bond acceptors (Lipinski definition) is 4. The number of ether oxygens (including phenoxy) is 2. The van der Waals surface area contributed by atoms with Crippen LogP contribution in [0, 0.1) is 0 Å². The molecular formula is C10H15NO3. The van der Waals surface area contributed by atoms with Gasteiger partial charge >= 0.3 is 0 Å². The van der Waals surface area contributed by atoms with Gasteiger partial charge < -0.3 is 19.2 Å². The van der Waals surface area contributed by atoms with E-state index in [1.165, 1.54) is 0 Å². The molecule has 0 saturated carbocycles. The summed E-state index contributed by atoms with van der Waals surface area (Å²) in [5.74, 6) is 0. The third-order valence-electron chi connectivity index (χ3n) is 2.41. The molecule has 0 aromatic carbocycles. The zero-order valence-electron chi connectivity index (χ0n) is 8.23. The van der Waals surface area contributed by atoms with Crippen molar-refractivity contribution in [2.45, 2.75) is 18.8 Å². The highest BCUT2D eigenvalue weighted by Crippen LogP contribution is 2.22. The number of hydrogen-bond donors (Lipinski definition) is 1. The summed E-state index contributed by atoms with van der Waals surface area (Å²) in [6.07, 6.45) is 4.16. The molecule has 2 heterocycles. The van der Waals surface area contributed by atoms with Crippen LogP contribution in [0.3, 0.4) is 0 Å². The number of nitrogens with one attached hydrogen (secondary N) is 1. The summed E-state index contributed by atoms with van der Waals surface area (Å²) in [6.45, 7) is 1.40. The molecule has 1 aromatic heterocycles. The molecule has 1 unspecified atom stereocenters. The molecule has 1 atom stereocenters. The van der Waals surface area contributed by atoms with Gasteiger partial charge in [-0.1, -0.05) is 0 Å². The van der Waals surface area contributed by atoms with Crippen molar-refractivity contribution < 1.29 is 13.9 Å². The lowest BCUT2D eigenvalue weighted by Crippen LogP contribution is -2.22. The van der Waals surface area contributed by atoms with Gasteiger partial charge in [0.25, 0.3) is 0 Å². The summed E-state index contributed by atoms with van der Waals surface area (Å²) in [7, 11) is 1.92. The minimum Gasteiger partial charge on any atom is -0.472 e. The Balaban J connectivity index is 1.93. The molecule has 1 saturated heterocycles. The van der Waals surface area contributed by atoms with E-state index in [1.807, 2.05) is 13.1 Å². The summed E-state index contributed by atoms with van der Waals surface area (Å²) in [5.41, 5.74) is 1.13. The van der Waals surface area contributed by atoms with Gasteiger partial charge in [-0.3, -0.25) is 0 Å². The second kappa shape index (κ2) is 4.59. The molecule has 1 fully saturated rings. The van der Waals surface area contributed by atoms with Crippen LogP contribution < -0.4 is 5.32 Å². The highest BCUT2D eigenvalue weighted by molar-refractivity contribution is 5.11. The average Bonchev–Trinajstić information content (AvgIpc) is 2.86. The van der Waals surface area contributed by atoms with E-state index in [-0.39, 0.29) is 12.3 Å². The molecule has 4 heteroatoms. The molecule has 1 N–H and O–H groups in total. The Morgan fingerprint density at radius 2 is 2.29 bits per heavy atom. The van der Waals surface area contributed by atoms with Gasteiger partial charge in [0.2, 0.25) is 0 Å². The van der Waals surface area contributed by atoms with Crippen LogP contribution in [0.2, 0.25) is 0 Å².